The molecule has 0 aliphatic rings. The van der Waals surface area contributed by atoms with E-state index in [1.165, 1.54) is 0 Å². The van der Waals surface area contributed by atoms with E-state index in [0.29, 0.717) is 12.5 Å². The highest BCUT2D eigenvalue weighted by Gasteiger charge is 2.11. The van der Waals surface area contributed by atoms with Gasteiger partial charge in [-0.3, -0.25) is 0 Å². The first kappa shape index (κ1) is 9.98. The topological polar surface area (TPSA) is 70.5 Å². The van der Waals surface area contributed by atoms with E-state index in [1.807, 2.05) is 24.5 Å². The Hall–Kier alpha value is -1.55. The number of hydrogen-bond donors (Lipinski definition) is 3. The molecule has 2 aromatic rings. The van der Waals surface area contributed by atoms with Gasteiger partial charge in [-0.2, -0.15) is 0 Å². The predicted octanol–water partition coefficient (Wildman–Crippen LogP) is 1.86. The molecular formula is C11H16N4. The van der Waals surface area contributed by atoms with Crippen LogP contribution >= 0.6 is 0 Å². The van der Waals surface area contributed by atoms with Crippen molar-refractivity contribution in [2.45, 2.75) is 19.3 Å². The third kappa shape index (κ3) is 1.94. The van der Waals surface area contributed by atoms with E-state index in [4.69, 9.17) is 5.73 Å². The molecule has 0 saturated carbocycles. The zero-order valence-corrected chi connectivity index (χ0v) is 8.83. The summed E-state index contributed by atoms with van der Waals surface area (Å²) in [6.45, 7) is 2.75. The fourth-order valence-electron chi connectivity index (χ4n) is 1.65. The van der Waals surface area contributed by atoms with Crippen LogP contribution < -0.4 is 5.73 Å². The molecule has 4 heteroatoms. The number of H-pyrrole nitrogens is 2. The summed E-state index contributed by atoms with van der Waals surface area (Å²) >= 11 is 0. The van der Waals surface area contributed by atoms with E-state index in [-0.39, 0.29) is 0 Å². The van der Waals surface area contributed by atoms with Gasteiger partial charge in [-0.05, 0) is 18.6 Å². The lowest BCUT2D eigenvalue weighted by atomic mass is 10.1. The van der Waals surface area contributed by atoms with Crippen molar-refractivity contribution < 1.29 is 0 Å². The van der Waals surface area contributed by atoms with Crippen LogP contribution in [0.5, 0.6) is 0 Å². The lowest BCUT2D eigenvalue weighted by Crippen LogP contribution is -2.12. The van der Waals surface area contributed by atoms with Crippen LogP contribution in [0.25, 0.3) is 11.4 Å². The van der Waals surface area contributed by atoms with Gasteiger partial charge in [0.25, 0.3) is 0 Å². The lowest BCUT2D eigenvalue weighted by Gasteiger charge is -2.07. The zero-order chi connectivity index (χ0) is 10.7. The largest absolute Gasteiger partial charge is 0.360 e. The monoisotopic (exact) mass is 204 g/mol. The smallest absolute Gasteiger partial charge is 0.110 e. The van der Waals surface area contributed by atoms with Crippen LogP contribution in [0.3, 0.4) is 0 Å². The first-order valence-electron chi connectivity index (χ1n) is 5.24. The van der Waals surface area contributed by atoms with Crippen LogP contribution in [0.15, 0.2) is 24.5 Å². The Morgan fingerprint density at radius 1 is 1.47 bits per heavy atom. The molecule has 0 bridgehead atoms. The second-order valence-electron chi connectivity index (χ2n) is 3.61. The molecule has 1 atom stereocenters. The predicted molar refractivity (Wildman–Crippen MR) is 60.5 cm³/mol. The fourth-order valence-corrected chi connectivity index (χ4v) is 1.65. The molecule has 2 aromatic heterocycles. The summed E-state index contributed by atoms with van der Waals surface area (Å²) in [7, 11) is 0. The number of aromatic nitrogens is 3. The van der Waals surface area contributed by atoms with Gasteiger partial charge in [0.1, 0.15) is 5.82 Å². The summed E-state index contributed by atoms with van der Waals surface area (Å²) in [6, 6.07) is 3.98. The van der Waals surface area contributed by atoms with Crippen molar-refractivity contribution in [2.75, 3.05) is 6.54 Å². The molecule has 0 aliphatic heterocycles. The average Bonchev–Trinajstić information content (AvgIpc) is 2.89. The average molecular weight is 204 g/mol. The quantitative estimate of drug-likeness (QED) is 0.711. The van der Waals surface area contributed by atoms with E-state index in [2.05, 4.69) is 21.9 Å². The first-order chi connectivity index (χ1) is 7.35. The van der Waals surface area contributed by atoms with Crippen molar-refractivity contribution in [1.82, 2.24) is 15.0 Å². The van der Waals surface area contributed by atoms with Gasteiger partial charge in [-0.15, -0.1) is 0 Å². The number of rotatable bonds is 4. The molecule has 4 nitrogen and oxygen atoms in total. The number of nitrogens with one attached hydrogen (secondary N) is 2. The molecule has 15 heavy (non-hydrogen) atoms. The minimum absolute atomic E-state index is 0.328. The Labute approximate surface area is 88.9 Å². The van der Waals surface area contributed by atoms with Gasteiger partial charge in [0.05, 0.1) is 17.6 Å². The highest BCUT2D eigenvalue weighted by molar-refractivity contribution is 5.53. The summed E-state index contributed by atoms with van der Waals surface area (Å²) in [4.78, 5) is 10.8. The Morgan fingerprint density at radius 2 is 2.33 bits per heavy atom. The fraction of sp³-hybridized carbons (Fsp3) is 0.364. The molecule has 0 spiro atoms. The van der Waals surface area contributed by atoms with Crippen molar-refractivity contribution in [3.63, 3.8) is 0 Å². The second-order valence-corrected chi connectivity index (χ2v) is 3.61. The van der Waals surface area contributed by atoms with E-state index < -0.39 is 0 Å². The van der Waals surface area contributed by atoms with E-state index in [9.17, 15) is 0 Å². The van der Waals surface area contributed by atoms with Gasteiger partial charge >= 0.3 is 0 Å². The molecule has 2 rings (SSSR count). The molecule has 0 radical (unpaired) electrons. The third-order valence-electron chi connectivity index (χ3n) is 2.65. The summed E-state index contributed by atoms with van der Waals surface area (Å²) in [6.07, 6.45) is 4.75. The minimum atomic E-state index is 0.328. The standard InChI is InChI=1S/C11H16N4/c1-2-8(6-12)11-14-7-10(15-11)9-4-3-5-13-9/h3-5,7-8,13H,2,6,12H2,1H3,(H,14,15). The van der Waals surface area contributed by atoms with E-state index in [1.54, 1.807) is 0 Å². The number of hydrogen-bond acceptors (Lipinski definition) is 2. The maximum atomic E-state index is 5.68. The van der Waals surface area contributed by atoms with E-state index in [0.717, 1.165) is 23.6 Å². The lowest BCUT2D eigenvalue weighted by molar-refractivity contribution is 0.639. The maximum Gasteiger partial charge on any atom is 0.110 e. The maximum absolute atomic E-state index is 5.68. The number of imidazole rings is 1. The number of nitrogens with two attached hydrogens (primary N) is 1. The molecule has 0 saturated heterocycles. The first-order valence-corrected chi connectivity index (χ1v) is 5.24. The minimum Gasteiger partial charge on any atom is -0.360 e. The summed E-state index contributed by atoms with van der Waals surface area (Å²) in [5, 5.41) is 0. The van der Waals surface area contributed by atoms with Gasteiger partial charge in [0.2, 0.25) is 0 Å². The van der Waals surface area contributed by atoms with Gasteiger partial charge < -0.3 is 15.7 Å². The molecule has 0 fully saturated rings. The summed E-state index contributed by atoms with van der Waals surface area (Å²) < 4.78 is 0. The van der Waals surface area contributed by atoms with Crippen LogP contribution in [0.1, 0.15) is 25.1 Å². The Kier molecular flexibility index (Phi) is 2.87. The molecule has 0 aromatic carbocycles. The summed E-state index contributed by atoms with van der Waals surface area (Å²) in [5.74, 6) is 1.30. The van der Waals surface area contributed by atoms with Crippen molar-refractivity contribution in [3.05, 3.63) is 30.4 Å². The molecular weight excluding hydrogens is 188 g/mol. The van der Waals surface area contributed by atoms with Crippen molar-refractivity contribution in [2.24, 2.45) is 5.73 Å². The Balaban J connectivity index is 2.24. The molecule has 0 amide bonds. The van der Waals surface area contributed by atoms with Crippen LogP contribution in [-0.2, 0) is 0 Å². The van der Waals surface area contributed by atoms with Gasteiger partial charge in [-0.1, -0.05) is 6.92 Å². The zero-order valence-electron chi connectivity index (χ0n) is 8.83. The van der Waals surface area contributed by atoms with Crippen molar-refractivity contribution in [3.8, 4) is 11.4 Å². The molecule has 2 heterocycles. The van der Waals surface area contributed by atoms with Gasteiger partial charge in [0.15, 0.2) is 0 Å². The van der Waals surface area contributed by atoms with Crippen molar-refractivity contribution >= 4 is 0 Å². The highest BCUT2D eigenvalue weighted by Crippen LogP contribution is 2.19. The third-order valence-corrected chi connectivity index (χ3v) is 2.65. The molecule has 80 valence electrons. The second kappa shape index (κ2) is 4.31. The van der Waals surface area contributed by atoms with Crippen LogP contribution in [0.2, 0.25) is 0 Å². The van der Waals surface area contributed by atoms with Crippen LogP contribution in [-0.4, -0.2) is 21.5 Å². The van der Waals surface area contributed by atoms with Crippen molar-refractivity contribution in [1.29, 1.82) is 0 Å². The summed E-state index contributed by atoms with van der Waals surface area (Å²) in [5.41, 5.74) is 7.75. The highest BCUT2D eigenvalue weighted by atomic mass is 14.9. The van der Waals surface area contributed by atoms with Crippen LogP contribution in [0, 0.1) is 0 Å². The van der Waals surface area contributed by atoms with Crippen LogP contribution in [0.4, 0.5) is 0 Å². The van der Waals surface area contributed by atoms with E-state index >= 15 is 0 Å². The Bertz CT molecular complexity index is 398. The molecule has 0 aliphatic carbocycles. The number of nitrogens with zero attached hydrogens (tertiary/aromatic N) is 1. The van der Waals surface area contributed by atoms with Gasteiger partial charge in [-0.25, -0.2) is 4.98 Å². The SMILES string of the molecule is CCC(CN)c1ncc(-c2ccc[nH]2)[nH]1. The number of aromatic amines is 2. The normalized spacial score (nSPS) is 12.9. The molecule has 4 N–H and O–H groups in total. The molecule has 1 unspecified atom stereocenters. The Morgan fingerprint density at radius 3 is 2.93 bits per heavy atom. The van der Waals surface area contributed by atoms with Gasteiger partial charge in [0, 0.05) is 18.7 Å².